The van der Waals surface area contributed by atoms with Gasteiger partial charge < -0.3 is 37.2 Å². The SMILES string of the molecule is CCCCc1cc[c-](C(c2cc(C)cc(C)c2)c2cc(C)cc(C)c2)c1.[Cl-].[Cl-].[Cl-].[Ti+4]. The molecule has 0 aromatic heterocycles. The average molecular weight is 498 g/mol. The Kier molecular flexibility index (Phi) is 15.2. The van der Waals surface area contributed by atoms with Crippen LogP contribution < -0.4 is 37.2 Å². The molecule has 0 heterocycles. The summed E-state index contributed by atoms with van der Waals surface area (Å²) in [6.45, 7) is 11.1. The summed E-state index contributed by atoms with van der Waals surface area (Å²) < 4.78 is 0. The number of hydrogen-bond donors (Lipinski definition) is 0. The predicted octanol–water partition coefficient (Wildman–Crippen LogP) is -1.83. The zero-order chi connectivity index (χ0) is 18.7. The van der Waals surface area contributed by atoms with Gasteiger partial charge in [0.05, 0.1) is 0 Å². The molecule has 3 rings (SSSR count). The second-order valence-corrected chi connectivity index (χ2v) is 7.93. The van der Waals surface area contributed by atoms with Crippen molar-refractivity contribution in [2.75, 3.05) is 0 Å². The normalized spacial score (nSPS) is 9.80. The van der Waals surface area contributed by atoms with Gasteiger partial charge in [-0.1, -0.05) is 84.8 Å². The van der Waals surface area contributed by atoms with Gasteiger partial charge in [0.25, 0.3) is 0 Å². The average Bonchev–Trinajstić information content (AvgIpc) is 2.99. The van der Waals surface area contributed by atoms with Crippen molar-refractivity contribution in [1.29, 1.82) is 0 Å². The minimum atomic E-state index is 0. The van der Waals surface area contributed by atoms with Gasteiger partial charge in [0, 0.05) is 0 Å². The summed E-state index contributed by atoms with van der Waals surface area (Å²) >= 11 is 0. The Morgan fingerprint density at radius 1 is 0.733 bits per heavy atom. The number of aryl methyl sites for hydroxylation is 5. The monoisotopic (exact) mass is 496 g/mol. The molecule has 0 spiro atoms. The molecule has 0 fully saturated rings. The van der Waals surface area contributed by atoms with Gasteiger partial charge in [-0.15, -0.1) is 5.56 Å². The van der Waals surface area contributed by atoms with E-state index in [2.05, 4.69) is 89.2 Å². The Labute approximate surface area is 216 Å². The second-order valence-electron chi connectivity index (χ2n) is 7.93. The minimum Gasteiger partial charge on any atom is -1.00 e. The number of halogens is 3. The van der Waals surface area contributed by atoms with E-state index in [1.807, 2.05) is 0 Å². The fourth-order valence-corrected chi connectivity index (χ4v) is 4.16. The molecule has 30 heavy (non-hydrogen) atoms. The molecule has 0 aliphatic carbocycles. The van der Waals surface area contributed by atoms with Crippen LogP contribution >= 0.6 is 0 Å². The van der Waals surface area contributed by atoms with E-state index in [-0.39, 0.29) is 58.9 Å². The van der Waals surface area contributed by atoms with E-state index in [0.29, 0.717) is 5.92 Å². The molecule has 3 aromatic rings. The number of rotatable bonds is 6. The van der Waals surface area contributed by atoms with Crippen LogP contribution in [0.15, 0.2) is 54.6 Å². The standard InChI is InChI=1S/C26H31.3ClH.Ti/c1-6-7-8-22-9-10-23(17-22)26(24-13-18(2)11-19(3)14-24)25-15-20(4)12-21(5)16-25;;;;/h9-17,26H,6-8H2,1-5H3;3*1H;/q-1;;;;+4/p-3. The van der Waals surface area contributed by atoms with E-state index in [4.69, 9.17) is 0 Å². The summed E-state index contributed by atoms with van der Waals surface area (Å²) in [4.78, 5) is 0. The molecule has 0 nitrogen and oxygen atoms in total. The van der Waals surface area contributed by atoms with Crippen molar-refractivity contribution >= 4 is 0 Å². The Morgan fingerprint density at radius 2 is 1.17 bits per heavy atom. The van der Waals surface area contributed by atoms with E-state index in [9.17, 15) is 0 Å². The second kappa shape index (κ2) is 14.4. The third kappa shape index (κ3) is 8.14. The molecule has 0 atom stereocenters. The smallest absolute Gasteiger partial charge is 1.00 e. The molecule has 0 saturated heterocycles. The zero-order valence-electron chi connectivity index (χ0n) is 18.5. The van der Waals surface area contributed by atoms with E-state index in [0.717, 1.165) is 0 Å². The van der Waals surface area contributed by atoms with Gasteiger partial charge >= 0.3 is 21.7 Å². The van der Waals surface area contributed by atoms with E-state index < -0.39 is 0 Å². The van der Waals surface area contributed by atoms with Gasteiger partial charge in [-0.25, -0.2) is 6.07 Å². The summed E-state index contributed by atoms with van der Waals surface area (Å²) in [5.41, 5.74) is 11.1. The molecule has 0 aliphatic rings. The van der Waals surface area contributed by atoms with Crippen LogP contribution in [0.3, 0.4) is 0 Å². The van der Waals surface area contributed by atoms with Gasteiger partial charge in [-0.3, -0.25) is 0 Å². The quantitative estimate of drug-likeness (QED) is 0.278. The molecule has 0 saturated carbocycles. The van der Waals surface area contributed by atoms with Crippen LogP contribution in [0.5, 0.6) is 0 Å². The summed E-state index contributed by atoms with van der Waals surface area (Å²) in [5.74, 6) is 0.308. The molecule has 0 amide bonds. The van der Waals surface area contributed by atoms with Gasteiger partial charge in [-0.2, -0.15) is 17.7 Å². The van der Waals surface area contributed by atoms with Crippen molar-refractivity contribution in [2.24, 2.45) is 0 Å². The molecule has 0 unspecified atom stereocenters. The van der Waals surface area contributed by atoms with Crippen LogP contribution in [-0.2, 0) is 28.1 Å². The Hall–Kier alpha value is -0.626. The zero-order valence-corrected chi connectivity index (χ0v) is 22.4. The largest absolute Gasteiger partial charge is 4.00 e. The molecular formula is C26H31Cl3Ti. The summed E-state index contributed by atoms with van der Waals surface area (Å²) in [5, 5.41) is 0. The number of benzene rings is 2. The van der Waals surface area contributed by atoms with Crippen LogP contribution in [0.4, 0.5) is 0 Å². The first-order valence-corrected chi connectivity index (χ1v) is 9.88. The molecule has 160 valence electrons. The maximum atomic E-state index is 2.43. The number of hydrogen-bond acceptors (Lipinski definition) is 0. The molecule has 0 bridgehead atoms. The van der Waals surface area contributed by atoms with Crippen molar-refractivity contribution in [2.45, 2.75) is 59.8 Å². The van der Waals surface area contributed by atoms with Crippen molar-refractivity contribution in [3.8, 4) is 0 Å². The molecular weight excluding hydrogens is 467 g/mol. The Morgan fingerprint density at radius 3 is 1.57 bits per heavy atom. The van der Waals surface area contributed by atoms with Gasteiger partial charge in [-0.05, 0) is 44.7 Å². The van der Waals surface area contributed by atoms with Crippen LogP contribution in [0.1, 0.15) is 70.2 Å². The third-order valence-corrected chi connectivity index (χ3v) is 5.15. The van der Waals surface area contributed by atoms with Crippen molar-refractivity contribution in [3.63, 3.8) is 0 Å². The molecule has 0 radical (unpaired) electrons. The Bertz CT molecular complexity index is 807. The van der Waals surface area contributed by atoms with Gasteiger partial charge in [0.15, 0.2) is 0 Å². The van der Waals surface area contributed by atoms with E-state index in [1.54, 1.807) is 0 Å². The van der Waals surface area contributed by atoms with Crippen molar-refractivity contribution < 1.29 is 58.9 Å². The molecule has 0 aliphatic heterocycles. The van der Waals surface area contributed by atoms with Gasteiger partial charge in [0.2, 0.25) is 0 Å². The first-order chi connectivity index (χ1) is 12.5. The van der Waals surface area contributed by atoms with Crippen LogP contribution in [-0.4, -0.2) is 0 Å². The predicted molar refractivity (Wildman–Crippen MR) is 113 cm³/mol. The summed E-state index contributed by atoms with van der Waals surface area (Å²) in [7, 11) is 0. The van der Waals surface area contributed by atoms with E-state index in [1.165, 1.54) is 63.8 Å². The molecule has 3 aromatic carbocycles. The fourth-order valence-electron chi connectivity index (χ4n) is 4.16. The summed E-state index contributed by atoms with van der Waals surface area (Å²) in [6.07, 6.45) is 3.70. The fraction of sp³-hybridized carbons (Fsp3) is 0.346. The molecule has 0 N–H and O–H groups in total. The topological polar surface area (TPSA) is 0 Å². The van der Waals surface area contributed by atoms with Crippen LogP contribution in [0.25, 0.3) is 0 Å². The minimum absolute atomic E-state index is 0. The van der Waals surface area contributed by atoms with E-state index >= 15 is 0 Å². The Balaban J connectivity index is 0. The third-order valence-electron chi connectivity index (χ3n) is 5.15. The maximum Gasteiger partial charge on any atom is 4.00 e. The van der Waals surface area contributed by atoms with Gasteiger partial charge in [0.1, 0.15) is 0 Å². The van der Waals surface area contributed by atoms with Crippen LogP contribution in [0.2, 0.25) is 0 Å². The van der Waals surface area contributed by atoms with Crippen molar-refractivity contribution in [3.05, 3.63) is 99.1 Å². The number of unbranched alkanes of at least 4 members (excludes halogenated alkanes) is 1. The molecule has 4 heteroatoms. The maximum absolute atomic E-state index is 2.43. The first-order valence-electron chi connectivity index (χ1n) is 9.88. The van der Waals surface area contributed by atoms with Crippen molar-refractivity contribution in [1.82, 2.24) is 0 Å². The van der Waals surface area contributed by atoms with Crippen LogP contribution in [0, 0.1) is 27.7 Å². The summed E-state index contributed by atoms with van der Waals surface area (Å²) in [6, 6.07) is 21.0. The first kappa shape index (κ1) is 31.6.